The minimum absolute atomic E-state index is 0.246. The number of aromatic hydroxyl groups is 1. The van der Waals surface area contributed by atoms with Crippen molar-refractivity contribution in [1.82, 2.24) is 0 Å². The molecule has 0 atom stereocenters. The van der Waals surface area contributed by atoms with Gasteiger partial charge in [-0.05, 0) is 18.6 Å². The number of hydrogen-bond acceptors (Lipinski definition) is 3. The highest BCUT2D eigenvalue weighted by Crippen LogP contribution is 2.36. The van der Waals surface area contributed by atoms with Crippen LogP contribution in [0.4, 0.5) is 0 Å². The van der Waals surface area contributed by atoms with Crippen LogP contribution in [0.25, 0.3) is 0 Å². The van der Waals surface area contributed by atoms with E-state index in [-0.39, 0.29) is 12.2 Å². The molecular formula is C11H11NO2. The zero-order valence-corrected chi connectivity index (χ0v) is 8.00. The lowest BCUT2D eigenvalue weighted by atomic mass is 9.98. The molecule has 1 N–H and O–H groups in total. The standard InChI is InChI=1S/C11H11NO2/c1-7-6-10-8(3-5-14-10)9(2-4-12)11(7)13/h6,13H,2-3,5H2,1H3. The molecule has 0 bridgehead atoms. The number of fused-ring (bicyclic) bond motifs is 1. The Hall–Kier alpha value is -1.69. The van der Waals surface area contributed by atoms with Crippen molar-refractivity contribution >= 4 is 0 Å². The van der Waals surface area contributed by atoms with Crippen molar-refractivity contribution in [3.05, 3.63) is 22.8 Å². The summed E-state index contributed by atoms with van der Waals surface area (Å²) in [5, 5.41) is 18.5. The lowest BCUT2D eigenvalue weighted by molar-refractivity contribution is 0.356. The molecule has 72 valence electrons. The first-order valence-corrected chi connectivity index (χ1v) is 4.58. The number of ether oxygens (including phenoxy) is 1. The fraction of sp³-hybridized carbons (Fsp3) is 0.364. The Morgan fingerprint density at radius 2 is 2.43 bits per heavy atom. The number of benzene rings is 1. The second-order valence-corrected chi connectivity index (χ2v) is 3.43. The van der Waals surface area contributed by atoms with Crippen molar-refractivity contribution in [1.29, 1.82) is 5.26 Å². The van der Waals surface area contributed by atoms with E-state index in [1.54, 1.807) is 0 Å². The average molecular weight is 189 g/mol. The Morgan fingerprint density at radius 1 is 1.64 bits per heavy atom. The topological polar surface area (TPSA) is 53.2 Å². The Balaban J connectivity index is 2.61. The third kappa shape index (κ3) is 1.20. The van der Waals surface area contributed by atoms with E-state index in [1.165, 1.54) is 0 Å². The number of aryl methyl sites for hydroxylation is 1. The molecule has 1 aliphatic heterocycles. The van der Waals surface area contributed by atoms with Gasteiger partial charge in [0.25, 0.3) is 0 Å². The average Bonchev–Trinajstić information content (AvgIpc) is 2.60. The largest absolute Gasteiger partial charge is 0.507 e. The lowest BCUT2D eigenvalue weighted by Crippen LogP contribution is -1.93. The number of phenolic OH excluding ortho intramolecular Hbond substituents is 1. The van der Waals surface area contributed by atoms with Gasteiger partial charge >= 0.3 is 0 Å². The van der Waals surface area contributed by atoms with E-state index in [2.05, 4.69) is 6.07 Å². The number of hydrogen-bond donors (Lipinski definition) is 1. The first-order valence-electron chi connectivity index (χ1n) is 4.58. The first-order chi connectivity index (χ1) is 6.74. The summed E-state index contributed by atoms with van der Waals surface area (Å²) in [6.45, 7) is 2.47. The summed E-state index contributed by atoms with van der Waals surface area (Å²) in [7, 11) is 0. The Labute approximate surface area is 82.6 Å². The van der Waals surface area contributed by atoms with E-state index < -0.39 is 0 Å². The molecule has 0 spiro atoms. The number of phenols is 1. The molecule has 3 nitrogen and oxygen atoms in total. The molecule has 1 aromatic rings. The van der Waals surface area contributed by atoms with Crippen molar-refractivity contribution in [2.45, 2.75) is 19.8 Å². The van der Waals surface area contributed by atoms with Gasteiger partial charge < -0.3 is 9.84 Å². The molecule has 3 heteroatoms. The number of rotatable bonds is 1. The van der Waals surface area contributed by atoms with Crippen LogP contribution in [-0.4, -0.2) is 11.7 Å². The molecule has 0 radical (unpaired) electrons. The van der Waals surface area contributed by atoms with Gasteiger partial charge in [-0.2, -0.15) is 5.26 Å². The van der Waals surface area contributed by atoms with Gasteiger partial charge in [-0.1, -0.05) is 0 Å². The van der Waals surface area contributed by atoms with Crippen LogP contribution < -0.4 is 4.74 Å². The molecule has 1 heterocycles. The van der Waals surface area contributed by atoms with Crippen molar-refractivity contribution in [3.63, 3.8) is 0 Å². The van der Waals surface area contributed by atoms with Gasteiger partial charge in [0.1, 0.15) is 11.5 Å². The van der Waals surface area contributed by atoms with Gasteiger partial charge in [-0.3, -0.25) is 0 Å². The van der Waals surface area contributed by atoms with Crippen LogP contribution in [0, 0.1) is 18.3 Å². The maximum absolute atomic E-state index is 9.79. The normalized spacial score (nSPS) is 13.1. The lowest BCUT2D eigenvalue weighted by Gasteiger charge is -2.09. The van der Waals surface area contributed by atoms with Gasteiger partial charge in [-0.25, -0.2) is 0 Å². The van der Waals surface area contributed by atoms with Gasteiger partial charge in [0, 0.05) is 17.5 Å². The van der Waals surface area contributed by atoms with E-state index in [0.717, 1.165) is 28.9 Å². The zero-order chi connectivity index (χ0) is 10.1. The van der Waals surface area contributed by atoms with Gasteiger partial charge in [0.05, 0.1) is 19.1 Å². The second kappa shape index (κ2) is 3.22. The highest BCUT2D eigenvalue weighted by Gasteiger charge is 2.20. The Kier molecular flexibility index (Phi) is 2.05. The van der Waals surface area contributed by atoms with Crippen molar-refractivity contribution in [2.24, 2.45) is 0 Å². The van der Waals surface area contributed by atoms with Crippen LogP contribution in [0.5, 0.6) is 11.5 Å². The van der Waals surface area contributed by atoms with E-state index in [1.807, 2.05) is 13.0 Å². The van der Waals surface area contributed by atoms with Crippen LogP contribution in [0.3, 0.4) is 0 Å². The minimum Gasteiger partial charge on any atom is -0.507 e. The van der Waals surface area contributed by atoms with Crippen LogP contribution in [-0.2, 0) is 12.8 Å². The Bertz CT molecular complexity index is 418. The summed E-state index contributed by atoms with van der Waals surface area (Å²) < 4.78 is 5.40. The van der Waals surface area contributed by atoms with E-state index in [9.17, 15) is 5.11 Å². The molecule has 0 aliphatic carbocycles. The predicted octanol–water partition coefficient (Wildman–Crippen LogP) is 1.70. The SMILES string of the molecule is Cc1cc2c(c(CC#N)c1O)CCO2. The van der Waals surface area contributed by atoms with E-state index in [0.29, 0.717) is 6.61 Å². The molecule has 14 heavy (non-hydrogen) atoms. The summed E-state index contributed by atoms with van der Waals surface area (Å²) >= 11 is 0. The molecule has 0 amide bonds. The second-order valence-electron chi connectivity index (χ2n) is 3.43. The fourth-order valence-corrected chi connectivity index (χ4v) is 1.82. The van der Waals surface area contributed by atoms with Gasteiger partial charge in [0.15, 0.2) is 0 Å². The fourth-order valence-electron chi connectivity index (χ4n) is 1.82. The third-order valence-electron chi connectivity index (χ3n) is 2.53. The molecule has 1 aliphatic rings. The van der Waals surface area contributed by atoms with Crippen LogP contribution in [0.2, 0.25) is 0 Å². The first kappa shape index (κ1) is 8.89. The monoisotopic (exact) mass is 189 g/mol. The molecule has 0 unspecified atom stereocenters. The highest BCUT2D eigenvalue weighted by molar-refractivity contribution is 5.54. The smallest absolute Gasteiger partial charge is 0.123 e. The minimum atomic E-state index is 0.246. The molecule has 2 rings (SSSR count). The summed E-state index contributed by atoms with van der Waals surface area (Å²) in [4.78, 5) is 0. The maximum atomic E-state index is 9.79. The highest BCUT2D eigenvalue weighted by atomic mass is 16.5. The number of nitrogens with zero attached hydrogens (tertiary/aromatic N) is 1. The molecular weight excluding hydrogens is 178 g/mol. The molecule has 0 aromatic heterocycles. The number of nitriles is 1. The summed E-state index contributed by atoms with van der Waals surface area (Å²) in [6, 6.07) is 3.90. The van der Waals surface area contributed by atoms with Crippen molar-refractivity contribution in [3.8, 4) is 17.6 Å². The zero-order valence-electron chi connectivity index (χ0n) is 8.00. The summed E-state index contributed by atoms with van der Waals surface area (Å²) in [6.07, 6.45) is 1.04. The molecule has 0 saturated carbocycles. The predicted molar refractivity (Wildman–Crippen MR) is 51.4 cm³/mol. The van der Waals surface area contributed by atoms with Crippen molar-refractivity contribution in [2.75, 3.05) is 6.61 Å². The van der Waals surface area contributed by atoms with E-state index >= 15 is 0 Å². The van der Waals surface area contributed by atoms with Crippen LogP contribution >= 0.6 is 0 Å². The summed E-state index contributed by atoms with van der Waals surface area (Å²) in [5.41, 5.74) is 2.51. The maximum Gasteiger partial charge on any atom is 0.123 e. The van der Waals surface area contributed by atoms with E-state index in [4.69, 9.17) is 10.00 Å². The third-order valence-corrected chi connectivity index (χ3v) is 2.53. The molecule has 0 saturated heterocycles. The molecule has 0 fully saturated rings. The van der Waals surface area contributed by atoms with Crippen LogP contribution in [0.15, 0.2) is 6.07 Å². The Morgan fingerprint density at radius 3 is 3.14 bits per heavy atom. The summed E-state index contributed by atoms with van der Waals surface area (Å²) in [5.74, 6) is 1.07. The molecule has 1 aromatic carbocycles. The van der Waals surface area contributed by atoms with Gasteiger partial charge in [-0.15, -0.1) is 0 Å². The van der Waals surface area contributed by atoms with Crippen LogP contribution in [0.1, 0.15) is 16.7 Å². The van der Waals surface area contributed by atoms with Crippen molar-refractivity contribution < 1.29 is 9.84 Å². The van der Waals surface area contributed by atoms with Gasteiger partial charge in [0.2, 0.25) is 0 Å². The quantitative estimate of drug-likeness (QED) is 0.731.